The molecule has 0 unspecified atom stereocenters. The van der Waals surface area contributed by atoms with Crippen LogP contribution >= 0.6 is 23.4 Å². The number of carbonyl (C=O) groups is 4. The van der Waals surface area contributed by atoms with E-state index in [1.165, 1.54) is 18.2 Å². The lowest BCUT2D eigenvalue weighted by molar-refractivity contribution is -0.139. The van der Waals surface area contributed by atoms with Gasteiger partial charge in [0.15, 0.2) is 0 Å². The first-order valence-electron chi connectivity index (χ1n) is 10.7. The van der Waals surface area contributed by atoms with Crippen molar-refractivity contribution >= 4 is 52.5 Å². The smallest absolute Gasteiger partial charge is 0.335 e. The molecule has 0 atom stereocenters. The van der Waals surface area contributed by atoms with Crippen LogP contribution in [0.3, 0.4) is 0 Å². The summed E-state index contributed by atoms with van der Waals surface area (Å²) in [5.41, 5.74) is 1.42. The van der Waals surface area contributed by atoms with Crippen LogP contribution in [-0.4, -0.2) is 70.8 Å². The van der Waals surface area contributed by atoms with Crippen LogP contribution in [0.4, 0.5) is 4.79 Å². The van der Waals surface area contributed by atoms with Crippen LogP contribution in [-0.2, 0) is 20.9 Å². The number of hydrogen-bond donors (Lipinski definition) is 1. The van der Waals surface area contributed by atoms with Crippen molar-refractivity contribution in [3.05, 3.63) is 69.1 Å². The highest BCUT2D eigenvalue weighted by Gasteiger charge is 2.37. The molecule has 0 aliphatic carbocycles. The fraction of sp³-hybridized carbons (Fsp3) is 0.250. The molecule has 11 heteroatoms. The Hall–Kier alpha value is -3.34. The molecule has 2 aliphatic heterocycles. The summed E-state index contributed by atoms with van der Waals surface area (Å²) in [6.07, 6.45) is 1.54. The lowest BCUT2D eigenvalue weighted by atomic mass is 10.1. The van der Waals surface area contributed by atoms with E-state index in [1.807, 2.05) is 0 Å². The molecule has 0 spiro atoms. The highest BCUT2D eigenvalue weighted by atomic mass is 35.5. The summed E-state index contributed by atoms with van der Waals surface area (Å²) < 4.78 is 10.9. The first kappa shape index (κ1) is 24.8. The van der Waals surface area contributed by atoms with Crippen molar-refractivity contribution in [2.75, 3.05) is 32.8 Å². The quantitative estimate of drug-likeness (QED) is 0.556. The topological polar surface area (TPSA) is 113 Å². The van der Waals surface area contributed by atoms with E-state index >= 15 is 0 Å². The van der Waals surface area contributed by atoms with E-state index in [4.69, 9.17) is 26.2 Å². The second kappa shape index (κ2) is 10.9. The molecule has 4 rings (SSSR count). The Morgan fingerprint density at radius 3 is 2.63 bits per heavy atom. The second-order valence-electron chi connectivity index (χ2n) is 7.75. The van der Waals surface area contributed by atoms with Crippen molar-refractivity contribution in [2.24, 2.45) is 0 Å². The largest absolute Gasteiger partial charge is 0.487 e. The molecule has 2 fully saturated rings. The predicted molar refractivity (Wildman–Crippen MR) is 129 cm³/mol. The Morgan fingerprint density at radius 2 is 1.91 bits per heavy atom. The highest BCUT2D eigenvalue weighted by Crippen LogP contribution is 2.34. The minimum absolute atomic E-state index is 0.121. The third kappa shape index (κ3) is 6.02. The Kier molecular flexibility index (Phi) is 7.74. The van der Waals surface area contributed by atoms with Gasteiger partial charge < -0.3 is 19.5 Å². The number of carboxylic acids is 1. The Balaban J connectivity index is 1.40. The number of aromatic carboxylic acids is 1. The Labute approximate surface area is 210 Å². The maximum absolute atomic E-state index is 12.7. The van der Waals surface area contributed by atoms with Gasteiger partial charge in [-0.15, -0.1) is 0 Å². The summed E-state index contributed by atoms with van der Waals surface area (Å²) in [7, 11) is 0. The normalized spacial score (nSPS) is 17.2. The lowest BCUT2D eigenvalue weighted by Gasteiger charge is -2.28. The number of ether oxygens (including phenoxy) is 2. The number of carbonyl (C=O) groups excluding carboxylic acids is 3. The molecule has 2 heterocycles. The molecule has 3 amide bonds. The average molecular weight is 517 g/mol. The van der Waals surface area contributed by atoms with Crippen molar-refractivity contribution in [2.45, 2.75) is 6.61 Å². The number of amides is 3. The minimum atomic E-state index is -1.02. The zero-order chi connectivity index (χ0) is 24.9. The molecule has 0 aromatic heterocycles. The van der Waals surface area contributed by atoms with Gasteiger partial charge in [-0.05, 0) is 53.2 Å². The maximum Gasteiger partial charge on any atom is 0.335 e. The number of imide groups is 1. The Bertz CT molecular complexity index is 1210. The van der Waals surface area contributed by atoms with Gasteiger partial charge in [-0.2, -0.15) is 0 Å². The molecule has 35 heavy (non-hydrogen) atoms. The molecule has 182 valence electrons. The van der Waals surface area contributed by atoms with Crippen LogP contribution in [0.1, 0.15) is 21.5 Å². The van der Waals surface area contributed by atoms with Crippen LogP contribution in [0.25, 0.3) is 6.08 Å². The van der Waals surface area contributed by atoms with Gasteiger partial charge in [-0.3, -0.25) is 19.3 Å². The fourth-order valence-electron chi connectivity index (χ4n) is 3.51. The van der Waals surface area contributed by atoms with E-state index in [2.05, 4.69) is 0 Å². The van der Waals surface area contributed by atoms with Gasteiger partial charge in [0.1, 0.15) is 18.9 Å². The zero-order valence-electron chi connectivity index (χ0n) is 18.4. The van der Waals surface area contributed by atoms with E-state index in [9.17, 15) is 19.2 Å². The minimum Gasteiger partial charge on any atom is -0.487 e. The molecule has 2 aliphatic rings. The number of thioether (sulfide) groups is 1. The molecule has 1 N–H and O–H groups in total. The van der Waals surface area contributed by atoms with Crippen molar-refractivity contribution in [3.63, 3.8) is 0 Å². The summed E-state index contributed by atoms with van der Waals surface area (Å²) in [6.45, 7) is 1.55. The average Bonchev–Trinajstić information content (AvgIpc) is 3.11. The number of carboxylic acid groups (broad SMARTS) is 1. The van der Waals surface area contributed by atoms with Gasteiger partial charge in [0.2, 0.25) is 5.91 Å². The van der Waals surface area contributed by atoms with Crippen LogP contribution in [0.5, 0.6) is 5.75 Å². The van der Waals surface area contributed by atoms with Crippen LogP contribution < -0.4 is 4.74 Å². The molecule has 0 saturated carbocycles. The van der Waals surface area contributed by atoms with Crippen molar-refractivity contribution in [1.29, 1.82) is 0 Å². The number of benzene rings is 2. The summed E-state index contributed by atoms with van der Waals surface area (Å²) in [5.74, 6) is -1.47. The van der Waals surface area contributed by atoms with Crippen molar-refractivity contribution in [3.8, 4) is 5.75 Å². The van der Waals surface area contributed by atoms with E-state index < -0.39 is 17.1 Å². The number of morpholine rings is 1. The van der Waals surface area contributed by atoms with Gasteiger partial charge in [0.25, 0.3) is 11.1 Å². The van der Waals surface area contributed by atoms with E-state index in [-0.39, 0.29) is 34.6 Å². The molecular formula is C24H21ClN2O7S. The molecule has 9 nitrogen and oxygen atoms in total. The van der Waals surface area contributed by atoms with Crippen LogP contribution in [0.2, 0.25) is 5.02 Å². The molecule has 2 saturated heterocycles. The van der Waals surface area contributed by atoms with Gasteiger partial charge in [0, 0.05) is 13.1 Å². The van der Waals surface area contributed by atoms with Gasteiger partial charge in [0.05, 0.1) is 28.7 Å². The van der Waals surface area contributed by atoms with Gasteiger partial charge in [-0.1, -0.05) is 29.8 Å². The lowest BCUT2D eigenvalue weighted by Crippen LogP contribution is -2.46. The SMILES string of the molecule is O=C(O)c1cccc(COc2ccc(/C=C3/SC(=O)N(CC(=O)N4CCOCC4)C3=O)cc2Cl)c1. The maximum atomic E-state index is 12.7. The number of hydrogen-bond acceptors (Lipinski definition) is 7. The summed E-state index contributed by atoms with van der Waals surface area (Å²) in [5, 5.41) is 8.88. The number of rotatable bonds is 7. The van der Waals surface area contributed by atoms with E-state index in [1.54, 1.807) is 35.2 Å². The summed E-state index contributed by atoms with van der Waals surface area (Å²) in [4.78, 5) is 51.4. The van der Waals surface area contributed by atoms with Crippen LogP contribution in [0, 0.1) is 0 Å². The Morgan fingerprint density at radius 1 is 1.14 bits per heavy atom. The van der Waals surface area contributed by atoms with Crippen LogP contribution in [0.15, 0.2) is 47.4 Å². The monoisotopic (exact) mass is 516 g/mol. The van der Waals surface area contributed by atoms with Crippen molar-refractivity contribution in [1.82, 2.24) is 9.80 Å². The van der Waals surface area contributed by atoms with Gasteiger partial charge in [-0.25, -0.2) is 4.79 Å². The molecule has 2 aromatic rings. The van der Waals surface area contributed by atoms with E-state index in [0.29, 0.717) is 43.2 Å². The first-order valence-corrected chi connectivity index (χ1v) is 11.9. The molecule has 2 aromatic carbocycles. The fourth-order valence-corrected chi connectivity index (χ4v) is 4.60. The van der Waals surface area contributed by atoms with E-state index in [0.717, 1.165) is 16.7 Å². The standard InChI is InChI=1S/C24H21ClN2O7S/c25-18-11-15(4-5-19(18)34-14-16-2-1-3-17(10-16)23(30)31)12-20-22(29)27(24(32)35-20)13-21(28)26-6-8-33-9-7-26/h1-5,10-12H,6-9,13-14H2,(H,30,31)/b20-12+. The zero-order valence-corrected chi connectivity index (χ0v) is 20.0. The first-order chi connectivity index (χ1) is 16.8. The van der Waals surface area contributed by atoms with Gasteiger partial charge >= 0.3 is 5.97 Å². The number of halogens is 1. The summed E-state index contributed by atoms with van der Waals surface area (Å²) in [6, 6.07) is 11.3. The summed E-state index contributed by atoms with van der Waals surface area (Å²) >= 11 is 7.10. The van der Waals surface area contributed by atoms with Crippen molar-refractivity contribution < 1.29 is 33.8 Å². The second-order valence-corrected chi connectivity index (χ2v) is 9.15. The molecule has 0 bridgehead atoms. The molecular weight excluding hydrogens is 496 g/mol. The third-order valence-corrected chi connectivity index (χ3v) is 6.56. The molecule has 0 radical (unpaired) electrons. The third-order valence-electron chi connectivity index (χ3n) is 5.35. The number of nitrogens with zero attached hydrogens (tertiary/aromatic N) is 2. The highest BCUT2D eigenvalue weighted by molar-refractivity contribution is 8.18. The predicted octanol–water partition coefficient (Wildman–Crippen LogP) is 3.51.